The van der Waals surface area contributed by atoms with Gasteiger partial charge in [-0.25, -0.2) is 9.37 Å². The summed E-state index contributed by atoms with van der Waals surface area (Å²) in [7, 11) is 0. The highest BCUT2D eigenvalue weighted by molar-refractivity contribution is 9.10. The van der Waals surface area contributed by atoms with Gasteiger partial charge in [-0.2, -0.15) is 0 Å². The van der Waals surface area contributed by atoms with Crippen LogP contribution in [0.4, 0.5) is 15.9 Å². The number of nitrogens with zero attached hydrogens (tertiary/aromatic N) is 2. The Bertz CT molecular complexity index is 637. The van der Waals surface area contributed by atoms with Crippen LogP contribution in [0.1, 0.15) is 5.56 Å². The smallest absolute Gasteiger partial charge is 0.311 e. The molecule has 2 aromatic rings. The fourth-order valence-electron chi connectivity index (χ4n) is 1.70. The molecule has 0 aliphatic heterocycles. The first-order valence-corrected chi connectivity index (χ1v) is 6.64. The summed E-state index contributed by atoms with van der Waals surface area (Å²) in [5.41, 5.74) is 0.858. The van der Waals surface area contributed by atoms with E-state index in [0.717, 1.165) is 5.56 Å². The Morgan fingerprint density at radius 3 is 2.90 bits per heavy atom. The van der Waals surface area contributed by atoms with Crippen molar-refractivity contribution in [3.05, 3.63) is 62.5 Å². The molecular formula is C13H11BrFN3O2. The Balaban J connectivity index is 1.99. The molecule has 2 rings (SSSR count). The SMILES string of the molecule is O=[N+]([O-])c1cccnc1NCCc1ccc(F)c(Br)c1. The van der Waals surface area contributed by atoms with E-state index in [1.54, 1.807) is 12.1 Å². The third-order valence-electron chi connectivity index (χ3n) is 2.67. The predicted molar refractivity (Wildman–Crippen MR) is 77.2 cm³/mol. The number of pyridine rings is 1. The molecule has 0 bridgehead atoms. The van der Waals surface area contributed by atoms with Gasteiger partial charge in [0, 0.05) is 18.8 Å². The van der Waals surface area contributed by atoms with E-state index in [4.69, 9.17) is 0 Å². The number of nitrogens with one attached hydrogen (secondary N) is 1. The lowest BCUT2D eigenvalue weighted by Crippen LogP contribution is -2.08. The van der Waals surface area contributed by atoms with Crippen LogP contribution in [-0.2, 0) is 6.42 Å². The van der Waals surface area contributed by atoms with Gasteiger partial charge < -0.3 is 5.32 Å². The number of anilines is 1. The Morgan fingerprint density at radius 1 is 1.40 bits per heavy atom. The summed E-state index contributed by atoms with van der Waals surface area (Å²) in [4.78, 5) is 14.3. The molecule has 1 aromatic carbocycles. The third-order valence-corrected chi connectivity index (χ3v) is 3.28. The average molecular weight is 340 g/mol. The molecule has 0 saturated carbocycles. The van der Waals surface area contributed by atoms with Crippen LogP contribution in [0.2, 0.25) is 0 Å². The van der Waals surface area contributed by atoms with Crippen molar-refractivity contribution in [2.45, 2.75) is 6.42 Å². The third kappa shape index (κ3) is 3.51. The lowest BCUT2D eigenvalue weighted by Gasteiger charge is -2.06. The van der Waals surface area contributed by atoms with E-state index >= 15 is 0 Å². The summed E-state index contributed by atoms with van der Waals surface area (Å²) in [5, 5.41) is 13.7. The molecule has 1 heterocycles. The van der Waals surface area contributed by atoms with Gasteiger partial charge in [-0.05, 0) is 46.1 Å². The quantitative estimate of drug-likeness (QED) is 0.668. The first-order chi connectivity index (χ1) is 9.58. The maximum atomic E-state index is 13.1. The number of rotatable bonds is 5. The molecule has 0 aliphatic carbocycles. The molecule has 0 saturated heterocycles. The van der Waals surface area contributed by atoms with Gasteiger partial charge >= 0.3 is 5.69 Å². The summed E-state index contributed by atoms with van der Waals surface area (Å²) in [6, 6.07) is 7.64. The van der Waals surface area contributed by atoms with Gasteiger partial charge in [-0.3, -0.25) is 10.1 Å². The van der Waals surface area contributed by atoms with Crippen molar-refractivity contribution in [3.8, 4) is 0 Å². The van der Waals surface area contributed by atoms with E-state index in [-0.39, 0.29) is 17.3 Å². The number of hydrogen-bond donors (Lipinski definition) is 1. The normalized spacial score (nSPS) is 10.3. The average Bonchev–Trinajstić information content (AvgIpc) is 2.43. The molecule has 104 valence electrons. The minimum Gasteiger partial charge on any atom is -0.364 e. The molecule has 0 spiro atoms. The molecule has 0 radical (unpaired) electrons. The number of nitro groups is 1. The van der Waals surface area contributed by atoms with Crippen molar-refractivity contribution in [2.75, 3.05) is 11.9 Å². The monoisotopic (exact) mass is 339 g/mol. The van der Waals surface area contributed by atoms with Crippen LogP contribution in [0.25, 0.3) is 0 Å². The zero-order valence-corrected chi connectivity index (χ0v) is 11.9. The highest BCUT2D eigenvalue weighted by Crippen LogP contribution is 2.21. The largest absolute Gasteiger partial charge is 0.364 e. The van der Waals surface area contributed by atoms with Gasteiger partial charge in [0.1, 0.15) is 5.82 Å². The van der Waals surface area contributed by atoms with Gasteiger partial charge in [0.15, 0.2) is 0 Å². The molecule has 1 aromatic heterocycles. The molecule has 7 heteroatoms. The van der Waals surface area contributed by atoms with Gasteiger partial charge in [-0.15, -0.1) is 0 Å². The van der Waals surface area contributed by atoms with Crippen LogP contribution >= 0.6 is 15.9 Å². The molecule has 0 fully saturated rings. The lowest BCUT2D eigenvalue weighted by atomic mass is 10.1. The second kappa shape index (κ2) is 6.42. The molecule has 1 N–H and O–H groups in total. The van der Waals surface area contributed by atoms with Crippen LogP contribution in [0.15, 0.2) is 41.0 Å². The van der Waals surface area contributed by atoms with E-state index in [2.05, 4.69) is 26.2 Å². The van der Waals surface area contributed by atoms with Gasteiger partial charge in [-0.1, -0.05) is 6.07 Å². The summed E-state index contributed by atoms with van der Waals surface area (Å²) < 4.78 is 13.5. The number of hydrogen-bond acceptors (Lipinski definition) is 4. The minimum absolute atomic E-state index is 0.0622. The van der Waals surface area contributed by atoms with Crippen LogP contribution in [0, 0.1) is 15.9 Å². The van der Waals surface area contributed by atoms with Crippen LogP contribution in [-0.4, -0.2) is 16.5 Å². The summed E-state index contributed by atoms with van der Waals surface area (Å²) in [6.45, 7) is 0.468. The fourth-order valence-corrected chi connectivity index (χ4v) is 2.13. The Labute approximate surface area is 123 Å². The Hall–Kier alpha value is -2.02. The number of halogens is 2. The second-order valence-electron chi connectivity index (χ2n) is 4.05. The molecule has 0 aliphatic rings. The summed E-state index contributed by atoms with van der Waals surface area (Å²) in [6.07, 6.45) is 2.09. The topological polar surface area (TPSA) is 68.1 Å². The second-order valence-corrected chi connectivity index (χ2v) is 4.91. The van der Waals surface area contributed by atoms with Crippen molar-refractivity contribution >= 4 is 27.4 Å². The zero-order valence-electron chi connectivity index (χ0n) is 10.3. The summed E-state index contributed by atoms with van der Waals surface area (Å²) >= 11 is 3.12. The van der Waals surface area contributed by atoms with Crippen molar-refractivity contribution < 1.29 is 9.31 Å². The first-order valence-electron chi connectivity index (χ1n) is 5.85. The first kappa shape index (κ1) is 14.4. The van der Waals surface area contributed by atoms with E-state index in [1.807, 2.05) is 0 Å². The highest BCUT2D eigenvalue weighted by Gasteiger charge is 2.13. The predicted octanol–water partition coefficient (Wildman–Crippen LogP) is 3.55. The van der Waals surface area contributed by atoms with E-state index < -0.39 is 4.92 Å². The molecule has 0 atom stereocenters. The van der Waals surface area contributed by atoms with Crippen molar-refractivity contribution in [1.29, 1.82) is 0 Å². The molecule has 0 amide bonds. The maximum Gasteiger partial charge on any atom is 0.311 e. The number of benzene rings is 1. The standard InChI is InChI=1S/C13H11BrFN3O2/c14-10-8-9(3-4-11(10)15)5-7-17-13-12(18(19)20)2-1-6-16-13/h1-4,6,8H,5,7H2,(H,16,17). The molecular weight excluding hydrogens is 329 g/mol. The zero-order chi connectivity index (χ0) is 14.5. The van der Waals surface area contributed by atoms with E-state index in [0.29, 0.717) is 17.4 Å². The van der Waals surface area contributed by atoms with Crippen LogP contribution < -0.4 is 5.32 Å². The number of aromatic nitrogens is 1. The van der Waals surface area contributed by atoms with Gasteiger partial charge in [0.2, 0.25) is 5.82 Å². The minimum atomic E-state index is -0.482. The van der Waals surface area contributed by atoms with E-state index in [1.165, 1.54) is 24.4 Å². The molecule has 5 nitrogen and oxygen atoms in total. The van der Waals surface area contributed by atoms with Gasteiger partial charge in [0.05, 0.1) is 9.40 Å². The Kier molecular flexibility index (Phi) is 4.62. The Morgan fingerprint density at radius 2 is 2.20 bits per heavy atom. The fraction of sp³-hybridized carbons (Fsp3) is 0.154. The van der Waals surface area contributed by atoms with Crippen LogP contribution in [0.3, 0.4) is 0 Å². The van der Waals surface area contributed by atoms with Crippen molar-refractivity contribution in [3.63, 3.8) is 0 Å². The highest BCUT2D eigenvalue weighted by atomic mass is 79.9. The molecule has 0 unspecified atom stereocenters. The van der Waals surface area contributed by atoms with Gasteiger partial charge in [0.25, 0.3) is 0 Å². The maximum absolute atomic E-state index is 13.1. The summed E-state index contributed by atoms with van der Waals surface area (Å²) in [5.74, 6) is -0.0826. The lowest BCUT2D eigenvalue weighted by molar-refractivity contribution is -0.384. The van der Waals surface area contributed by atoms with E-state index in [9.17, 15) is 14.5 Å². The van der Waals surface area contributed by atoms with Crippen LogP contribution in [0.5, 0.6) is 0 Å². The molecule has 20 heavy (non-hydrogen) atoms. The van der Waals surface area contributed by atoms with Crippen molar-refractivity contribution in [2.24, 2.45) is 0 Å². The van der Waals surface area contributed by atoms with Crippen molar-refractivity contribution in [1.82, 2.24) is 4.98 Å².